The van der Waals surface area contributed by atoms with Crippen LogP contribution in [0.15, 0.2) is 77.5 Å². The molecule has 2 heterocycles. The van der Waals surface area contributed by atoms with Gasteiger partial charge in [0.25, 0.3) is 11.8 Å². The molecule has 1 aliphatic heterocycles. The molecule has 0 aliphatic carbocycles. The van der Waals surface area contributed by atoms with Gasteiger partial charge in [-0.25, -0.2) is 4.68 Å². The summed E-state index contributed by atoms with van der Waals surface area (Å²) in [4.78, 5) is 27.5. The summed E-state index contributed by atoms with van der Waals surface area (Å²) in [6.07, 6.45) is 4.92. The van der Waals surface area contributed by atoms with Crippen molar-refractivity contribution in [3.05, 3.63) is 83.1 Å². The summed E-state index contributed by atoms with van der Waals surface area (Å²) in [5.74, 6) is -0.297. The molecule has 0 atom stereocenters. The lowest BCUT2D eigenvalue weighted by Gasteiger charge is -2.27. The van der Waals surface area contributed by atoms with Crippen LogP contribution in [0.2, 0.25) is 0 Å². The minimum Gasteiger partial charge on any atom is -0.494 e. The van der Waals surface area contributed by atoms with Gasteiger partial charge in [0.05, 0.1) is 12.3 Å². The van der Waals surface area contributed by atoms with Crippen LogP contribution in [0.3, 0.4) is 0 Å². The highest BCUT2D eigenvalue weighted by atomic mass is 16.5. The van der Waals surface area contributed by atoms with Crippen molar-refractivity contribution in [1.82, 2.24) is 14.7 Å². The molecular formula is C30H30N4O4. The SMILES string of the molecule is CCCOc1cccc(-c2nn(-c3ccccc3)cc2/C=C2/C(=O)N(CCCOC)C(=O)C(C#N)=C2C)c1. The van der Waals surface area contributed by atoms with Gasteiger partial charge in [0.2, 0.25) is 0 Å². The zero-order valence-electron chi connectivity index (χ0n) is 21.8. The average Bonchev–Trinajstić information content (AvgIpc) is 3.37. The minimum absolute atomic E-state index is 0.0415. The van der Waals surface area contributed by atoms with Crippen molar-refractivity contribution in [3.63, 3.8) is 0 Å². The molecule has 8 nitrogen and oxygen atoms in total. The summed E-state index contributed by atoms with van der Waals surface area (Å²) >= 11 is 0. The first-order valence-corrected chi connectivity index (χ1v) is 12.5. The average molecular weight is 511 g/mol. The number of nitrogens with zero attached hydrogens (tertiary/aromatic N) is 4. The second-order valence-electron chi connectivity index (χ2n) is 8.87. The van der Waals surface area contributed by atoms with Gasteiger partial charge in [0.15, 0.2) is 0 Å². The molecule has 0 bridgehead atoms. The molecule has 0 radical (unpaired) electrons. The third-order valence-corrected chi connectivity index (χ3v) is 6.20. The fourth-order valence-electron chi connectivity index (χ4n) is 4.24. The largest absolute Gasteiger partial charge is 0.494 e. The van der Waals surface area contributed by atoms with Crippen molar-refractivity contribution in [3.8, 4) is 28.8 Å². The number of carbonyl (C=O) groups is 2. The Morgan fingerprint density at radius 1 is 1.05 bits per heavy atom. The number of benzene rings is 2. The van der Waals surface area contributed by atoms with Crippen LogP contribution in [0.4, 0.5) is 0 Å². The van der Waals surface area contributed by atoms with Crippen LogP contribution in [0.5, 0.6) is 5.75 Å². The van der Waals surface area contributed by atoms with E-state index in [1.165, 1.54) is 0 Å². The van der Waals surface area contributed by atoms with Crippen LogP contribution in [0.25, 0.3) is 23.0 Å². The Kier molecular flexibility index (Phi) is 8.51. The molecule has 0 fully saturated rings. The first-order valence-electron chi connectivity index (χ1n) is 12.5. The number of nitriles is 1. The Labute approximate surface area is 222 Å². The zero-order valence-corrected chi connectivity index (χ0v) is 21.8. The maximum atomic E-state index is 13.5. The van der Waals surface area contributed by atoms with Crippen LogP contribution < -0.4 is 4.74 Å². The van der Waals surface area contributed by atoms with E-state index in [0.29, 0.717) is 36.5 Å². The molecule has 1 aromatic heterocycles. The monoisotopic (exact) mass is 510 g/mol. The van der Waals surface area contributed by atoms with Gasteiger partial charge in [-0.15, -0.1) is 0 Å². The Bertz CT molecular complexity index is 1430. The maximum Gasteiger partial charge on any atom is 0.271 e. The van der Waals surface area contributed by atoms with Gasteiger partial charge in [0.1, 0.15) is 23.1 Å². The second kappa shape index (κ2) is 12.2. The topological polar surface area (TPSA) is 97.4 Å². The number of hydrogen-bond acceptors (Lipinski definition) is 6. The lowest BCUT2D eigenvalue weighted by molar-refractivity contribution is -0.140. The fourth-order valence-corrected chi connectivity index (χ4v) is 4.24. The van der Waals surface area contributed by atoms with E-state index in [0.717, 1.165) is 28.3 Å². The van der Waals surface area contributed by atoms with Crippen LogP contribution >= 0.6 is 0 Å². The predicted octanol–water partition coefficient (Wildman–Crippen LogP) is 4.96. The molecule has 0 spiro atoms. The molecule has 4 rings (SSSR count). The number of imide groups is 1. The standard InChI is InChI=1S/C30H30N4O4/c1-4-15-38-25-13-8-10-22(17-25)28-23(20-34(32-28)24-11-6-5-7-12-24)18-26-21(2)27(19-31)30(36)33(29(26)35)14-9-16-37-3/h5-8,10-13,17-18,20H,4,9,14-16H2,1-3H3/b26-18+. The van der Waals surface area contributed by atoms with Gasteiger partial charge in [0, 0.05) is 43.2 Å². The summed E-state index contributed by atoms with van der Waals surface area (Å²) in [5, 5.41) is 14.6. The summed E-state index contributed by atoms with van der Waals surface area (Å²) < 4.78 is 12.7. The predicted molar refractivity (Wildman–Crippen MR) is 144 cm³/mol. The lowest BCUT2D eigenvalue weighted by Crippen LogP contribution is -2.43. The Morgan fingerprint density at radius 3 is 2.55 bits per heavy atom. The van der Waals surface area contributed by atoms with E-state index in [1.54, 1.807) is 24.8 Å². The minimum atomic E-state index is -0.579. The molecular weight excluding hydrogens is 480 g/mol. The molecule has 0 saturated carbocycles. The molecule has 0 saturated heterocycles. The Hall–Kier alpha value is -4.48. The van der Waals surface area contributed by atoms with Crippen molar-refractivity contribution >= 4 is 17.9 Å². The third kappa shape index (κ3) is 5.58. The summed E-state index contributed by atoms with van der Waals surface area (Å²) in [5.41, 5.74) is 3.58. The van der Waals surface area contributed by atoms with Crippen LogP contribution in [-0.2, 0) is 14.3 Å². The summed E-state index contributed by atoms with van der Waals surface area (Å²) in [6, 6.07) is 19.3. The van der Waals surface area contributed by atoms with Crippen LogP contribution in [-0.4, -0.2) is 53.4 Å². The van der Waals surface area contributed by atoms with E-state index in [1.807, 2.05) is 73.8 Å². The summed E-state index contributed by atoms with van der Waals surface area (Å²) in [6.45, 7) is 4.83. The van der Waals surface area contributed by atoms with Gasteiger partial charge in [-0.1, -0.05) is 37.3 Å². The molecule has 3 aromatic rings. The Balaban J connectivity index is 1.85. The van der Waals surface area contributed by atoms with Gasteiger partial charge in [-0.2, -0.15) is 10.4 Å². The highest BCUT2D eigenvalue weighted by molar-refractivity contribution is 6.19. The van der Waals surface area contributed by atoms with Crippen LogP contribution in [0, 0.1) is 11.3 Å². The Morgan fingerprint density at radius 2 is 1.84 bits per heavy atom. The number of rotatable bonds is 10. The van der Waals surface area contributed by atoms with Gasteiger partial charge in [-0.3, -0.25) is 14.5 Å². The number of carbonyl (C=O) groups excluding carboxylic acids is 2. The van der Waals surface area contributed by atoms with E-state index >= 15 is 0 Å². The third-order valence-electron chi connectivity index (χ3n) is 6.20. The molecule has 38 heavy (non-hydrogen) atoms. The molecule has 2 aromatic carbocycles. The molecule has 2 amide bonds. The van der Waals surface area contributed by atoms with Crippen molar-refractivity contribution in [2.24, 2.45) is 0 Å². The van der Waals surface area contributed by atoms with Gasteiger partial charge < -0.3 is 9.47 Å². The van der Waals surface area contributed by atoms with Crippen molar-refractivity contribution in [2.75, 3.05) is 26.9 Å². The second-order valence-corrected chi connectivity index (χ2v) is 8.87. The van der Waals surface area contributed by atoms with E-state index in [4.69, 9.17) is 14.6 Å². The molecule has 8 heteroatoms. The highest BCUT2D eigenvalue weighted by Crippen LogP contribution is 2.32. The number of methoxy groups -OCH3 is 1. The normalized spacial score (nSPS) is 14.8. The van der Waals surface area contributed by atoms with E-state index in [9.17, 15) is 14.9 Å². The van der Waals surface area contributed by atoms with Crippen molar-refractivity contribution < 1.29 is 19.1 Å². The van der Waals surface area contributed by atoms with Crippen molar-refractivity contribution in [1.29, 1.82) is 5.26 Å². The quantitative estimate of drug-likeness (QED) is 0.217. The molecule has 0 N–H and O–H groups in total. The van der Waals surface area contributed by atoms with E-state index in [2.05, 4.69) is 0 Å². The smallest absolute Gasteiger partial charge is 0.271 e. The number of ether oxygens (including phenoxy) is 2. The number of aromatic nitrogens is 2. The molecule has 0 unspecified atom stereocenters. The first kappa shape index (κ1) is 26.6. The molecule has 1 aliphatic rings. The zero-order chi connectivity index (χ0) is 27.1. The number of amides is 2. The van der Waals surface area contributed by atoms with Crippen molar-refractivity contribution in [2.45, 2.75) is 26.7 Å². The van der Waals surface area contributed by atoms with Gasteiger partial charge in [-0.05, 0) is 55.7 Å². The lowest BCUT2D eigenvalue weighted by atomic mass is 9.93. The maximum absolute atomic E-state index is 13.5. The first-order chi connectivity index (χ1) is 18.5. The van der Waals surface area contributed by atoms with E-state index in [-0.39, 0.29) is 17.7 Å². The highest BCUT2D eigenvalue weighted by Gasteiger charge is 2.35. The van der Waals surface area contributed by atoms with Crippen LogP contribution in [0.1, 0.15) is 32.3 Å². The molecule has 194 valence electrons. The van der Waals surface area contributed by atoms with Gasteiger partial charge >= 0.3 is 0 Å². The van der Waals surface area contributed by atoms with E-state index < -0.39 is 11.8 Å². The fraction of sp³-hybridized carbons (Fsp3) is 0.267. The number of hydrogen-bond donors (Lipinski definition) is 0. The summed E-state index contributed by atoms with van der Waals surface area (Å²) in [7, 11) is 1.56. The number of para-hydroxylation sites is 1.